The molecule has 1 aromatic carbocycles. The van der Waals surface area contributed by atoms with Gasteiger partial charge in [0.1, 0.15) is 17.3 Å². The van der Waals surface area contributed by atoms with Gasteiger partial charge < -0.3 is 5.32 Å². The summed E-state index contributed by atoms with van der Waals surface area (Å²) in [6, 6.07) is 2.67. The van der Waals surface area contributed by atoms with Crippen LogP contribution >= 0.6 is 0 Å². The standard InChI is InChI=1S/C10H7F2N3O2/c11-5-1-2-6(12)7(3-5)13-10(17)8-4-9(16)15-14-8/h1-3H,4H2,(H,13,17)(H,15,16). The van der Waals surface area contributed by atoms with Gasteiger partial charge in [0, 0.05) is 6.07 Å². The largest absolute Gasteiger partial charge is 0.318 e. The van der Waals surface area contributed by atoms with E-state index in [1.165, 1.54) is 0 Å². The molecule has 7 heteroatoms. The van der Waals surface area contributed by atoms with Crippen molar-refractivity contribution in [2.24, 2.45) is 5.10 Å². The first kappa shape index (κ1) is 11.2. The first-order chi connectivity index (χ1) is 8.06. The number of amides is 2. The van der Waals surface area contributed by atoms with Crippen molar-refractivity contribution < 1.29 is 18.4 Å². The minimum atomic E-state index is -0.766. The predicted octanol–water partition coefficient (Wildman–Crippen LogP) is 0.779. The van der Waals surface area contributed by atoms with Crippen LogP contribution in [0.4, 0.5) is 14.5 Å². The van der Waals surface area contributed by atoms with Crippen LogP contribution in [0.25, 0.3) is 0 Å². The zero-order valence-corrected chi connectivity index (χ0v) is 8.46. The van der Waals surface area contributed by atoms with Gasteiger partial charge in [0.05, 0.1) is 12.1 Å². The quantitative estimate of drug-likeness (QED) is 0.800. The van der Waals surface area contributed by atoms with Gasteiger partial charge >= 0.3 is 0 Å². The Hall–Kier alpha value is -2.31. The number of nitrogens with one attached hydrogen (secondary N) is 2. The number of rotatable bonds is 2. The Morgan fingerprint density at radius 2 is 2.18 bits per heavy atom. The summed E-state index contributed by atoms with van der Waals surface area (Å²) >= 11 is 0. The van der Waals surface area contributed by atoms with Gasteiger partial charge in [-0.05, 0) is 12.1 Å². The number of halogens is 2. The lowest BCUT2D eigenvalue weighted by Gasteiger charge is -2.05. The zero-order valence-electron chi connectivity index (χ0n) is 8.46. The van der Waals surface area contributed by atoms with Crippen molar-refractivity contribution in [3.8, 4) is 0 Å². The van der Waals surface area contributed by atoms with Crippen LogP contribution in [0, 0.1) is 11.6 Å². The van der Waals surface area contributed by atoms with E-state index in [0.717, 1.165) is 18.2 Å². The van der Waals surface area contributed by atoms with E-state index in [9.17, 15) is 18.4 Å². The molecule has 0 aromatic heterocycles. The molecule has 0 fully saturated rings. The zero-order chi connectivity index (χ0) is 12.4. The van der Waals surface area contributed by atoms with Gasteiger partial charge in [-0.2, -0.15) is 5.10 Å². The van der Waals surface area contributed by atoms with Crippen LogP contribution in [-0.4, -0.2) is 17.5 Å². The molecule has 0 bridgehead atoms. The van der Waals surface area contributed by atoms with Crippen LogP contribution in [0.15, 0.2) is 23.3 Å². The topological polar surface area (TPSA) is 70.6 Å². The molecule has 1 aliphatic heterocycles. The van der Waals surface area contributed by atoms with E-state index < -0.39 is 23.4 Å². The number of benzene rings is 1. The normalized spacial score (nSPS) is 14.2. The van der Waals surface area contributed by atoms with E-state index in [2.05, 4.69) is 15.8 Å². The van der Waals surface area contributed by atoms with Gasteiger partial charge in [-0.3, -0.25) is 9.59 Å². The first-order valence-electron chi connectivity index (χ1n) is 4.68. The van der Waals surface area contributed by atoms with Gasteiger partial charge in [-0.15, -0.1) is 0 Å². The van der Waals surface area contributed by atoms with Crippen LogP contribution < -0.4 is 10.7 Å². The molecule has 0 atom stereocenters. The molecule has 0 radical (unpaired) electrons. The molecule has 0 saturated carbocycles. The molecule has 1 heterocycles. The summed E-state index contributed by atoms with van der Waals surface area (Å²) in [5.74, 6) is -2.61. The predicted molar refractivity (Wildman–Crippen MR) is 55.2 cm³/mol. The fourth-order valence-electron chi connectivity index (χ4n) is 1.28. The lowest BCUT2D eigenvalue weighted by atomic mass is 10.2. The van der Waals surface area contributed by atoms with Crippen molar-refractivity contribution in [2.75, 3.05) is 5.32 Å². The molecule has 17 heavy (non-hydrogen) atoms. The van der Waals surface area contributed by atoms with Gasteiger partial charge in [0.15, 0.2) is 0 Å². The van der Waals surface area contributed by atoms with Crippen LogP contribution in [0.3, 0.4) is 0 Å². The Kier molecular flexibility index (Phi) is 2.82. The van der Waals surface area contributed by atoms with Crippen molar-refractivity contribution in [1.82, 2.24) is 5.43 Å². The highest BCUT2D eigenvalue weighted by Crippen LogP contribution is 2.15. The summed E-state index contributed by atoms with van der Waals surface area (Å²) in [5, 5.41) is 5.59. The second-order valence-electron chi connectivity index (χ2n) is 3.35. The number of hydrogen-bond acceptors (Lipinski definition) is 3. The monoisotopic (exact) mass is 239 g/mol. The highest BCUT2D eigenvalue weighted by Gasteiger charge is 2.22. The van der Waals surface area contributed by atoms with Gasteiger partial charge in [-0.1, -0.05) is 0 Å². The molecular formula is C10H7F2N3O2. The fourth-order valence-corrected chi connectivity index (χ4v) is 1.28. The first-order valence-corrected chi connectivity index (χ1v) is 4.68. The van der Waals surface area contributed by atoms with Gasteiger partial charge in [0.25, 0.3) is 5.91 Å². The Balaban J connectivity index is 2.13. The number of hydrazone groups is 1. The lowest BCUT2D eigenvalue weighted by molar-refractivity contribution is -0.119. The van der Waals surface area contributed by atoms with Crippen LogP contribution in [0.5, 0.6) is 0 Å². The summed E-state index contributed by atoms with van der Waals surface area (Å²) in [7, 11) is 0. The SMILES string of the molecule is O=C1CC(C(=O)Nc2cc(F)ccc2F)=NN1. The third-order valence-corrected chi connectivity index (χ3v) is 2.08. The van der Waals surface area contributed by atoms with E-state index in [4.69, 9.17) is 0 Å². The number of anilines is 1. The molecule has 2 amide bonds. The third-order valence-electron chi connectivity index (χ3n) is 2.08. The van der Waals surface area contributed by atoms with Crippen LogP contribution in [0.2, 0.25) is 0 Å². The summed E-state index contributed by atoms with van der Waals surface area (Å²) in [5.41, 5.74) is 1.72. The Morgan fingerprint density at radius 3 is 2.82 bits per heavy atom. The van der Waals surface area contributed by atoms with Gasteiger partial charge in [-0.25, -0.2) is 14.2 Å². The minimum Gasteiger partial charge on any atom is -0.318 e. The average molecular weight is 239 g/mol. The smallest absolute Gasteiger partial charge is 0.272 e. The Labute approximate surface area is 94.5 Å². The number of nitrogens with zero attached hydrogens (tertiary/aromatic N) is 1. The third kappa shape index (κ3) is 2.44. The maximum absolute atomic E-state index is 13.2. The van der Waals surface area contributed by atoms with E-state index in [1.807, 2.05) is 0 Å². The fraction of sp³-hybridized carbons (Fsp3) is 0.100. The van der Waals surface area contributed by atoms with Crippen molar-refractivity contribution in [3.63, 3.8) is 0 Å². The highest BCUT2D eigenvalue weighted by molar-refractivity contribution is 6.46. The van der Waals surface area contributed by atoms with Gasteiger partial charge in [0.2, 0.25) is 5.91 Å². The Bertz CT molecular complexity index is 528. The van der Waals surface area contributed by atoms with E-state index >= 15 is 0 Å². The summed E-state index contributed by atoms with van der Waals surface area (Å²) in [6.07, 6.45) is -0.178. The summed E-state index contributed by atoms with van der Waals surface area (Å²) in [6.45, 7) is 0. The molecular weight excluding hydrogens is 232 g/mol. The maximum Gasteiger partial charge on any atom is 0.272 e. The van der Waals surface area contributed by atoms with Crippen molar-refractivity contribution in [3.05, 3.63) is 29.8 Å². The van der Waals surface area contributed by atoms with Crippen LogP contribution in [0.1, 0.15) is 6.42 Å². The highest BCUT2D eigenvalue weighted by atomic mass is 19.1. The van der Waals surface area contributed by atoms with E-state index in [0.29, 0.717) is 0 Å². The molecule has 1 aromatic rings. The second kappa shape index (κ2) is 4.28. The average Bonchev–Trinajstić information content (AvgIpc) is 2.70. The molecule has 1 aliphatic rings. The number of carbonyl (C=O) groups is 2. The molecule has 0 aliphatic carbocycles. The number of hydrogen-bond donors (Lipinski definition) is 2. The van der Waals surface area contributed by atoms with Crippen molar-refractivity contribution in [2.45, 2.75) is 6.42 Å². The van der Waals surface area contributed by atoms with E-state index in [1.54, 1.807) is 0 Å². The van der Waals surface area contributed by atoms with Crippen molar-refractivity contribution >= 4 is 23.2 Å². The number of carbonyl (C=O) groups excluding carboxylic acids is 2. The molecule has 0 spiro atoms. The van der Waals surface area contributed by atoms with E-state index in [-0.39, 0.29) is 17.8 Å². The van der Waals surface area contributed by atoms with Crippen molar-refractivity contribution in [1.29, 1.82) is 0 Å². The molecule has 0 saturated heterocycles. The molecule has 0 unspecified atom stereocenters. The lowest BCUT2D eigenvalue weighted by Crippen LogP contribution is -2.22. The molecule has 2 N–H and O–H groups in total. The summed E-state index contributed by atoms with van der Waals surface area (Å²) < 4.78 is 26.0. The molecule has 88 valence electrons. The minimum absolute atomic E-state index is 0.0707. The maximum atomic E-state index is 13.2. The summed E-state index contributed by atoms with van der Waals surface area (Å²) in [4.78, 5) is 22.3. The second-order valence-corrected chi connectivity index (χ2v) is 3.35. The molecule has 5 nitrogen and oxygen atoms in total. The Morgan fingerprint density at radius 1 is 1.41 bits per heavy atom. The molecule has 2 rings (SSSR count). The van der Waals surface area contributed by atoms with Crippen LogP contribution in [-0.2, 0) is 9.59 Å².